The van der Waals surface area contributed by atoms with E-state index >= 15 is 0 Å². The van der Waals surface area contributed by atoms with Crippen molar-refractivity contribution in [1.82, 2.24) is 15.6 Å². The second-order valence-electron chi connectivity index (χ2n) is 5.46. The topological polar surface area (TPSA) is 79.4 Å². The minimum Gasteiger partial charge on any atom is -0.493 e. The van der Waals surface area contributed by atoms with Crippen LogP contribution in [-0.4, -0.2) is 28.9 Å². The normalized spacial score (nSPS) is 10.9. The number of hydrogen-bond donors (Lipinski definition) is 2. The zero-order valence-corrected chi connectivity index (χ0v) is 15.9. The van der Waals surface area contributed by atoms with Crippen LogP contribution in [0.3, 0.4) is 0 Å². The molecule has 2 aromatic carbocycles. The van der Waals surface area contributed by atoms with E-state index in [2.05, 4.69) is 20.7 Å². The van der Waals surface area contributed by atoms with Crippen molar-refractivity contribution in [3.8, 4) is 17.0 Å². The van der Waals surface area contributed by atoms with Crippen molar-refractivity contribution in [1.29, 1.82) is 0 Å². The number of nitrogens with zero attached hydrogens (tertiary/aromatic N) is 2. The Morgan fingerprint density at radius 3 is 2.85 bits per heavy atom. The van der Waals surface area contributed by atoms with Crippen LogP contribution in [0.1, 0.15) is 23.0 Å². The lowest BCUT2D eigenvalue weighted by Crippen LogP contribution is -2.18. The molecule has 0 atom stereocenters. The fourth-order valence-electron chi connectivity index (χ4n) is 2.37. The predicted octanol–water partition coefficient (Wildman–Crippen LogP) is 4.55. The number of carbonyl (C=O) groups is 1. The van der Waals surface area contributed by atoms with Crippen LogP contribution in [0.25, 0.3) is 11.3 Å². The maximum Gasteiger partial charge on any atom is 0.289 e. The molecule has 2 N–H and O–H groups in total. The third-order valence-corrected chi connectivity index (χ3v) is 4.17. The number of para-hydroxylation sites is 1. The summed E-state index contributed by atoms with van der Waals surface area (Å²) in [6.07, 6.45) is 1.52. The minimum absolute atomic E-state index is 0.256. The van der Waals surface area contributed by atoms with Crippen molar-refractivity contribution in [3.63, 3.8) is 0 Å². The molecule has 138 valence electrons. The average molecular weight is 403 g/mol. The van der Waals surface area contributed by atoms with Crippen molar-refractivity contribution in [2.75, 3.05) is 6.61 Å². The molecule has 0 spiro atoms. The van der Waals surface area contributed by atoms with Crippen molar-refractivity contribution >= 4 is 35.3 Å². The fourth-order valence-corrected chi connectivity index (χ4v) is 2.87. The van der Waals surface area contributed by atoms with Gasteiger partial charge in [0.05, 0.1) is 23.5 Å². The monoisotopic (exact) mass is 402 g/mol. The number of carbonyl (C=O) groups excluding carboxylic acids is 1. The third kappa shape index (κ3) is 4.67. The van der Waals surface area contributed by atoms with E-state index in [4.69, 9.17) is 27.9 Å². The van der Waals surface area contributed by atoms with Gasteiger partial charge in [0.15, 0.2) is 0 Å². The molecule has 3 rings (SSSR count). The molecule has 1 heterocycles. The molecule has 3 aromatic rings. The van der Waals surface area contributed by atoms with Gasteiger partial charge >= 0.3 is 0 Å². The van der Waals surface area contributed by atoms with Crippen LogP contribution in [0.2, 0.25) is 10.0 Å². The Bertz CT molecular complexity index is 985. The van der Waals surface area contributed by atoms with Gasteiger partial charge in [-0.25, -0.2) is 5.43 Å². The summed E-state index contributed by atoms with van der Waals surface area (Å²) in [7, 11) is 0. The summed E-state index contributed by atoms with van der Waals surface area (Å²) in [6, 6.07) is 14.1. The average Bonchev–Trinajstić information content (AvgIpc) is 3.13. The predicted molar refractivity (Wildman–Crippen MR) is 107 cm³/mol. The number of ether oxygens (including phenoxy) is 1. The zero-order valence-electron chi connectivity index (χ0n) is 14.4. The molecule has 0 fully saturated rings. The quantitative estimate of drug-likeness (QED) is 0.468. The first kappa shape index (κ1) is 18.9. The molecule has 8 heteroatoms. The van der Waals surface area contributed by atoms with Crippen LogP contribution in [-0.2, 0) is 0 Å². The van der Waals surface area contributed by atoms with Gasteiger partial charge in [-0.15, -0.1) is 0 Å². The maximum absolute atomic E-state index is 12.2. The first-order chi connectivity index (χ1) is 13.1. The standard InChI is InChI=1S/C19H16Cl2N4O2/c1-2-27-18-6-4-3-5-12(18)11-22-25-19(26)17-10-16(23-24-17)14-8-7-13(20)9-15(14)21/h3-11H,2H2,1H3,(H,23,24)(H,25,26)/b22-11-. The number of aromatic nitrogens is 2. The first-order valence-corrected chi connectivity index (χ1v) is 8.90. The molecule has 0 bridgehead atoms. The molecular formula is C19H16Cl2N4O2. The number of amides is 1. The van der Waals surface area contributed by atoms with Gasteiger partial charge in [-0.3, -0.25) is 9.89 Å². The lowest BCUT2D eigenvalue weighted by atomic mass is 10.1. The van der Waals surface area contributed by atoms with Gasteiger partial charge in [0.25, 0.3) is 5.91 Å². The van der Waals surface area contributed by atoms with Gasteiger partial charge in [0.2, 0.25) is 0 Å². The molecule has 0 aliphatic rings. The Morgan fingerprint density at radius 1 is 1.26 bits per heavy atom. The number of H-pyrrole nitrogens is 1. The molecule has 27 heavy (non-hydrogen) atoms. The smallest absolute Gasteiger partial charge is 0.289 e. The van der Waals surface area contributed by atoms with Crippen LogP contribution in [0.15, 0.2) is 53.6 Å². The van der Waals surface area contributed by atoms with Crippen LogP contribution in [0.4, 0.5) is 0 Å². The highest BCUT2D eigenvalue weighted by Gasteiger charge is 2.13. The second kappa shape index (κ2) is 8.70. The Kier molecular flexibility index (Phi) is 6.11. The highest BCUT2D eigenvalue weighted by atomic mass is 35.5. The first-order valence-electron chi connectivity index (χ1n) is 8.14. The SMILES string of the molecule is CCOc1ccccc1/C=N\NC(=O)c1cc(-c2ccc(Cl)cc2Cl)n[nH]1. The highest BCUT2D eigenvalue weighted by molar-refractivity contribution is 6.36. The Morgan fingerprint density at radius 2 is 2.07 bits per heavy atom. The molecule has 0 unspecified atom stereocenters. The van der Waals surface area contributed by atoms with Crippen molar-refractivity contribution in [2.45, 2.75) is 6.92 Å². The summed E-state index contributed by atoms with van der Waals surface area (Å²) < 4.78 is 5.51. The van der Waals surface area contributed by atoms with E-state index in [1.165, 1.54) is 6.21 Å². The summed E-state index contributed by atoms with van der Waals surface area (Å²) in [6.45, 7) is 2.44. The molecule has 0 radical (unpaired) electrons. The molecular weight excluding hydrogens is 387 g/mol. The molecule has 6 nitrogen and oxygen atoms in total. The third-order valence-electron chi connectivity index (χ3n) is 3.62. The summed E-state index contributed by atoms with van der Waals surface area (Å²) in [5, 5.41) is 11.7. The number of hydrazone groups is 1. The number of halogens is 2. The van der Waals surface area contributed by atoms with E-state index in [9.17, 15) is 4.79 Å². The van der Waals surface area contributed by atoms with Gasteiger partial charge < -0.3 is 4.74 Å². The van der Waals surface area contributed by atoms with Crippen molar-refractivity contribution in [2.24, 2.45) is 5.10 Å². The molecule has 0 aliphatic heterocycles. The van der Waals surface area contributed by atoms with E-state index < -0.39 is 5.91 Å². The molecule has 0 aliphatic carbocycles. The lowest BCUT2D eigenvalue weighted by molar-refractivity contribution is 0.0950. The van der Waals surface area contributed by atoms with E-state index in [-0.39, 0.29) is 5.69 Å². The van der Waals surface area contributed by atoms with Crippen LogP contribution in [0, 0.1) is 0 Å². The highest BCUT2D eigenvalue weighted by Crippen LogP contribution is 2.29. The Hall–Kier alpha value is -2.83. The summed E-state index contributed by atoms with van der Waals surface area (Å²) in [5.74, 6) is 0.267. The summed E-state index contributed by atoms with van der Waals surface area (Å²) >= 11 is 12.1. The number of nitrogens with one attached hydrogen (secondary N) is 2. The minimum atomic E-state index is -0.427. The second-order valence-corrected chi connectivity index (χ2v) is 6.30. The van der Waals surface area contributed by atoms with E-state index in [0.29, 0.717) is 33.7 Å². The molecule has 0 saturated carbocycles. The molecule has 1 amide bonds. The van der Waals surface area contributed by atoms with Crippen LogP contribution in [0.5, 0.6) is 5.75 Å². The zero-order chi connectivity index (χ0) is 19.2. The number of hydrogen-bond acceptors (Lipinski definition) is 4. The summed E-state index contributed by atoms with van der Waals surface area (Å²) in [5.41, 5.74) is 4.68. The summed E-state index contributed by atoms with van der Waals surface area (Å²) in [4.78, 5) is 12.2. The Balaban J connectivity index is 1.70. The van der Waals surface area contributed by atoms with Gasteiger partial charge in [-0.05, 0) is 43.3 Å². The number of benzene rings is 2. The van der Waals surface area contributed by atoms with E-state index in [0.717, 1.165) is 5.56 Å². The van der Waals surface area contributed by atoms with Crippen molar-refractivity contribution < 1.29 is 9.53 Å². The lowest BCUT2D eigenvalue weighted by Gasteiger charge is -2.05. The molecule has 0 saturated heterocycles. The van der Waals surface area contributed by atoms with Gasteiger partial charge in [0.1, 0.15) is 11.4 Å². The maximum atomic E-state index is 12.2. The van der Waals surface area contributed by atoms with Gasteiger partial charge in [-0.2, -0.15) is 10.2 Å². The largest absolute Gasteiger partial charge is 0.493 e. The van der Waals surface area contributed by atoms with Crippen molar-refractivity contribution in [3.05, 3.63) is 69.8 Å². The number of rotatable bonds is 6. The Labute approximate surface area is 166 Å². The van der Waals surface area contributed by atoms with Gasteiger partial charge in [-0.1, -0.05) is 35.3 Å². The fraction of sp³-hybridized carbons (Fsp3) is 0.105. The molecule has 1 aromatic heterocycles. The van der Waals surface area contributed by atoms with E-state index in [1.54, 1.807) is 24.3 Å². The van der Waals surface area contributed by atoms with Crippen LogP contribution >= 0.6 is 23.2 Å². The van der Waals surface area contributed by atoms with Gasteiger partial charge in [0, 0.05) is 16.1 Å². The number of aromatic amines is 1. The van der Waals surface area contributed by atoms with E-state index in [1.807, 2.05) is 31.2 Å². The van der Waals surface area contributed by atoms with Crippen LogP contribution < -0.4 is 10.2 Å².